The minimum Gasteiger partial charge on any atom is -0.374 e. The van der Waals surface area contributed by atoms with E-state index in [2.05, 4.69) is 9.88 Å². The molecule has 0 spiro atoms. The van der Waals surface area contributed by atoms with Crippen LogP contribution in [0.4, 0.5) is 4.39 Å². The lowest BCUT2D eigenvalue weighted by Gasteiger charge is -2.33. The zero-order chi connectivity index (χ0) is 16.4. The maximum atomic E-state index is 13.3. The van der Waals surface area contributed by atoms with Crippen LogP contribution in [0.15, 0.2) is 24.3 Å². The molecular weight excluding hydrogens is 297 g/mol. The van der Waals surface area contributed by atoms with Crippen LogP contribution < -0.4 is 0 Å². The largest absolute Gasteiger partial charge is 0.374 e. The Bertz CT molecular complexity index is 698. The van der Waals surface area contributed by atoms with Crippen molar-refractivity contribution in [2.75, 3.05) is 40.3 Å². The van der Waals surface area contributed by atoms with Crippen LogP contribution in [0, 0.1) is 5.82 Å². The second kappa shape index (κ2) is 6.68. The van der Waals surface area contributed by atoms with E-state index >= 15 is 0 Å². The van der Waals surface area contributed by atoms with Crippen LogP contribution in [0.25, 0.3) is 10.9 Å². The van der Waals surface area contributed by atoms with Crippen LogP contribution >= 0.6 is 0 Å². The van der Waals surface area contributed by atoms with Crippen molar-refractivity contribution in [1.82, 2.24) is 14.8 Å². The van der Waals surface area contributed by atoms with Gasteiger partial charge in [0.2, 0.25) is 0 Å². The average molecular weight is 319 g/mol. The maximum absolute atomic E-state index is 13.3. The summed E-state index contributed by atoms with van der Waals surface area (Å²) in [4.78, 5) is 19.7. The molecule has 0 bridgehead atoms. The van der Waals surface area contributed by atoms with E-state index in [9.17, 15) is 9.18 Å². The van der Waals surface area contributed by atoms with Crippen molar-refractivity contribution < 1.29 is 13.9 Å². The number of carbonyl (C=O) groups excluding carboxylic acids is 1. The number of carbonyl (C=O) groups is 1. The Kier molecular flexibility index (Phi) is 4.63. The van der Waals surface area contributed by atoms with Crippen molar-refractivity contribution >= 4 is 16.8 Å². The van der Waals surface area contributed by atoms with E-state index in [0.717, 1.165) is 18.5 Å². The molecule has 1 aromatic heterocycles. The molecule has 1 aliphatic heterocycles. The predicted octanol–water partition coefficient (Wildman–Crippen LogP) is 2.10. The third-order valence-electron chi connectivity index (χ3n) is 4.14. The van der Waals surface area contributed by atoms with Crippen LogP contribution in [0.1, 0.15) is 16.9 Å². The first-order valence-corrected chi connectivity index (χ1v) is 7.87. The highest BCUT2D eigenvalue weighted by Crippen LogP contribution is 2.19. The topological polar surface area (TPSA) is 48.6 Å². The number of morpholine rings is 1. The van der Waals surface area contributed by atoms with Gasteiger partial charge in [0.05, 0.1) is 12.7 Å². The molecule has 1 fully saturated rings. The van der Waals surface area contributed by atoms with Gasteiger partial charge in [-0.25, -0.2) is 4.39 Å². The Morgan fingerprint density at radius 1 is 1.43 bits per heavy atom. The molecule has 0 aliphatic carbocycles. The number of ether oxygens (including phenoxy) is 1. The molecule has 1 amide bonds. The summed E-state index contributed by atoms with van der Waals surface area (Å²) in [5.74, 6) is -0.356. The zero-order valence-corrected chi connectivity index (χ0v) is 13.5. The molecule has 1 aromatic carbocycles. The number of nitrogens with one attached hydrogen (secondary N) is 1. The lowest BCUT2D eigenvalue weighted by molar-refractivity contribution is -0.0271. The highest BCUT2D eigenvalue weighted by Gasteiger charge is 2.25. The lowest BCUT2D eigenvalue weighted by atomic mass is 10.2. The third kappa shape index (κ3) is 3.71. The quantitative estimate of drug-likeness (QED) is 0.939. The average Bonchev–Trinajstić information content (AvgIpc) is 2.95. The van der Waals surface area contributed by atoms with Gasteiger partial charge in [-0.3, -0.25) is 4.79 Å². The van der Waals surface area contributed by atoms with Gasteiger partial charge in [-0.05, 0) is 44.8 Å². The van der Waals surface area contributed by atoms with E-state index in [-0.39, 0.29) is 17.8 Å². The van der Waals surface area contributed by atoms with Crippen LogP contribution in [-0.4, -0.2) is 67.1 Å². The van der Waals surface area contributed by atoms with Crippen molar-refractivity contribution in [3.05, 3.63) is 35.8 Å². The van der Waals surface area contributed by atoms with Gasteiger partial charge >= 0.3 is 0 Å². The minimum absolute atomic E-state index is 0.0558. The molecule has 2 aromatic rings. The van der Waals surface area contributed by atoms with E-state index in [4.69, 9.17) is 4.74 Å². The number of hydrogen-bond acceptors (Lipinski definition) is 3. The summed E-state index contributed by atoms with van der Waals surface area (Å²) < 4.78 is 19.0. The molecule has 6 heteroatoms. The second-order valence-corrected chi connectivity index (χ2v) is 6.25. The van der Waals surface area contributed by atoms with Crippen molar-refractivity contribution in [3.8, 4) is 0 Å². The Balaban J connectivity index is 1.70. The zero-order valence-electron chi connectivity index (χ0n) is 13.5. The fourth-order valence-electron chi connectivity index (χ4n) is 2.87. The smallest absolute Gasteiger partial charge is 0.270 e. The fourth-order valence-corrected chi connectivity index (χ4v) is 2.87. The van der Waals surface area contributed by atoms with Crippen LogP contribution in [0.2, 0.25) is 0 Å². The molecule has 0 saturated carbocycles. The molecule has 124 valence electrons. The van der Waals surface area contributed by atoms with Crippen molar-refractivity contribution in [3.63, 3.8) is 0 Å². The Hall–Kier alpha value is -1.92. The molecule has 3 rings (SSSR count). The van der Waals surface area contributed by atoms with E-state index in [0.29, 0.717) is 30.8 Å². The summed E-state index contributed by atoms with van der Waals surface area (Å²) in [5, 5.41) is 0.714. The second-order valence-electron chi connectivity index (χ2n) is 6.25. The summed E-state index contributed by atoms with van der Waals surface area (Å²) in [7, 11) is 4.05. The van der Waals surface area contributed by atoms with Crippen molar-refractivity contribution in [2.45, 2.75) is 12.5 Å². The highest BCUT2D eigenvalue weighted by molar-refractivity contribution is 5.98. The molecule has 1 atom stereocenters. The summed E-state index contributed by atoms with van der Waals surface area (Å²) in [6.07, 6.45) is 0.964. The number of halogens is 1. The standard InChI is InChI=1S/C17H22FN3O2/c1-20(2)6-5-14-11-21(7-8-23-14)17(22)16-10-12-9-13(18)3-4-15(12)19-16/h3-4,9-10,14,19H,5-8,11H2,1-2H3/t14-/m0/s1. The lowest BCUT2D eigenvalue weighted by Crippen LogP contribution is -2.46. The highest BCUT2D eigenvalue weighted by atomic mass is 19.1. The van der Waals surface area contributed by atoms with Gasteiger partial charge in [-0.2, -0.15) is 0 Å². The molecule has 0 unspecified atom stereocenters. The fraction of sp³-hybridized carbons (Fsp3) is 0.471. The monoisotopic (exact) mass is 319 g/mol. The first-order valence-electron chi connectivity index (χ1n) is 7.87. The molecule has 0 radical (unpaired) electrons. The summed E-state index contributed by atoms with van der Waals surface area (Å²) >= 11 is 0. The summed E-state index contributed by atoms with van der Waals surface area (Å²) in [6.45, 7) is 2.66. The number of amides is 1. The van der Waals surface area contributed by atoms with Gasteiger partial charge in [0.25, 0.3) is 5.91 Å². The number of H-pyrrole nitrogens is 1. The molecule has 1 aliphatic rings. The van der Waals surface area contributed by atoms with Gasteiger partial charge in [-0.1, -0.05) is 0 Å². The molecule has 1 saturated heterocycles. The number of nitrogens with zero attached hydrogens (tertiary/aromatic N) is 2. The summed E-state index contributed by atoms with van der Waals surface area (Å²) in [6, 6.07) is 6.19. The van der Waals surface area contributed by atoms with Crippen molar-refractivity contribution in [2.24, 2.45) is 0 Å². The van der Waals surface area contributed by atoms with E-state index in [1.807, 2.05) is 19.0 Å². The van der Waals surface area contributed by atoms with E-state index in [1.165, 1.54) is 12.1 Å². The van der Waals surface area contributed by atoms with Crippen molar-refractivity contribution in [1.29, 1.82) is 0 Å². The first-order chi connectivity index (χ1) is 11.0. The Morgan fingerprint density at radius 2 is 2.26 bits per heavy atom. The van der Waals surface area contributed by atoms with E-state index < -0.39 is 0 Å². The van der Waals surface area contributed by atoms with Crippen LogP contribution in [0.5, 0.6) is 0 Å². The number of fused-ring (bicyclic) bond motifs is 1. The Morgan fingerprint density at radius 3 is 3.04 bits per heavy atom. The van der Waals surface area contributed by atoms with Gasteiger partial charge < -0.3 is 19.5 Å². The van der Waals surface area contributed by atoms with Gasteiger partial charge in [-0.15, -0.1) is 0 Å². The van der Waals surface area contributed by atoms with Gasteiger partial charge in [0, 0.05) is 30.5 Å². The molecule has 1 N–H and O–H groups in total. The SMILES string of the molecule is CN(C)CC[C@H]1CN(C(=O)c2cc3cc(F)ccc3[nH]2)CCO1. The number of aromatic nitrogens is 1. The van der Waals surface area contributed by atoms with Crippen LogP contribution in [-0.2, 0) is 4.74 Å². The van der Waals surface area contributed by atoms with Gasteiger partial charge in [0.1, 0.15) is 11.5 Å². The third-order valence-corrected chi connectivity index (χ3v) is 4.14. The number of rotatable bonds is 4. The minimum atomic E-state index is -0.300. The number of benzene rings is 1. The Labute approximate surface area is 135 Å². The predicted molar refractivity (Wildman–Crippen MR) is 87.1 cm³/mol. The summed E-state index contributed by atoms with van der Waals surface area (Å²) in [5.41, 5.74) is 1.27. The normalized spacial score (nSPS) is 18.8. The van der Waals surface area contributed by atoms with Crippen LogP contribution in [0.3, 0.4) is 0 Å². The molecule has 2 heterocycles. The molecule has 5 nitrogen and oxygen atoms in total. The molecular formula is C17H22FN3O2. The number of aromatic amines is 1. The van der Waals surface area contributed by atoms with Gasteiger partial charge in [0.15, 0.2) is 0 Å². The number of hydrogen-bond donors (Lipinski definition) is 1. The molecule has 23 heavy (non-hydrogen) atoms. The maximum Gasteiger partial charge on any atom is 0.270 e. The van der Waals surface area contributed by atoms with E-state index in [1.54, 1.807) is 12.1 Å². The first kappa shape index (κ1) is 16.0.